The summed E-state index contributed by atoms with van der Waals surface area (Å²) < 4.78 is 5.80. The third-order valence-corrected chi connectivity index (χ3v) is 7.84. The molecule has 0 saturated carbocycles. The Labute approximate surface area is 219 Å². The Kier molecular flexibility index (Phi) is 6.65. The maximum atomic E-state index is 13.7. The average molecular weight is 513 g/mol. The average Bonchev–Trinajstić information content (AvgIpc) is 3.38. The number of nitrogens with zero attached hydrogens (tertiary/aromatic N) is 2. The normalized spacial score (nSPS) is 16.5. The second-order valence-electron chi connectivity index (χ2n) is 10.5. The molecule has 1 atom stereocenters. The van der Waals surface area contributed by atoms with E-state index >= 15 is 0 Å². The van der Waals surface area contributed by atoms with Gasteiger partial charge in [0.15, 0.2) is 0 Å². The van der Waals surface area contributed by atoms with Crippen molar-refractivity contribution in [1.82, 2.24) is 4.98 Å². The number of benzene rings is 2. The zero-order valence-corrected chi connectivity index (χ0v) is 21.9. The molecular weight excluding hydrogens is 484 g/mol. The second kappa shape index (κ2) is 9.90. The number of aromatic nitrogens is 1. The Balaban J connectivity index is 1.59. The minimum absolute atomic E-state index is 0.00236. The smallest absolute Gasteiger partial charge is 0.339 e. The van der Waals surface area contributed by atoms with Gasteiger partial charge in [-0.05, 0) is 76.6 Å². The highest BCUT2D eigenvalue weighted by molar-refractivity contribution is 7.10. The van der Waals surface area contributed by atoms with Crippen LogP contribution in [0.25, 0.3) is 22.6 Å². The van der Waals surface area contributed by atoms with Gasteiger partial charge in [-0.1, -0.05) is 45.0 Å². The lowest BCUT2D eigenvalue weighted by Crippen LogP contribution is -2.28. The molecule has 5 rings (SSSR count). The molecule has 0 fully saturated rings. The highest BCUT2D eigenvalue weighted by Gasteiger charge is 2.35. The molecule has 37 heavy (non-hydrogen) atoms. The van der Waals surface area contributed by atoms with Gasteiger partial charge in [0, 0.05) is 22.4 Å². The van der Waals surface area contributed by atoms with Gasteiger partial charge < -0.3 is 4.74 Å². The van der Waals surface area contributed by atoms with Gasteiger partial charge in [-0.3, -0.25) is 10.1 Å². The first-order valence-electron chi connectivity index (χ1n) is 12.3. The molecule has 2 aromatic carbocycles. The number of carbonyl (C=O) groups excluding carboxylic acids is 1. The summed E-state index contributed by atoms with van der Waals surface area (Å²) in [5.74, 6) is -0.0753. The fourth-order valence-corrected chi connectivity index (χ4v) is 5.53. The van der Waals surface area contributed by atoms with E-state index in [2.05, 4.69) is 38.3 Å². The van der Waals surface area contributed by atoms with Gasteiger partial charge in [-0.2, -0.15) is 0 Å². The molecule has 1 aliphatic carbocycles. The van der Waals surface area contributed by atoms with E-state index in [1.54, 1.807) is 23.5 Å². The molecule has 6 nitrogen and oxygen atoms in total. The van der Waals surface area contributed by atoms with Crippen LogP contribution in [0.3, 0.4) is 0 Å². The van der Waals surface area contributed by atoms with Crippen LogP contribution >= 0.6 is 11.3 Å². The SMILES string of the molecule is CC(C)(C)C1CC(=Cc2cccs2)c2nc3ccccc3c(C(=O)OCc3ccc([N+](=O)[O-])cc3)c2C1. The highest BCUT2D eigenvalue weighted by atomic mass is 32.1. The van der Waals surface area contributed by atoms with Crippen molar-refractivity contribution in [3.05, 3.63) is 103 Å². The third kappa shape index (κ3) is 5.18. The first kappa shape index (κ1) is 24.8. The molecular formula is C30H28N2O4S. The molecule has 2 aromatic heterocycles. The molecule has 0 saturated heterocycles. The third-order valence-electron chi connectivity index (χ3n) is 7.02. The van der Waals surface area contributed by atoms with Crippen LogP contribution in [0.1, 0.15) is 59.2 Å². The largest absolute Gasteiger partial charge is 0.457 e. The summed E-state index contributed by atoms with van der Waals surface area (Å²) in [5, 5.41) is 13.8. The number of carbonyl (C=O) groups is 1. The van der Waals surface area contributed by atoms with Gasteiger partial charge in [0.2, 0.25) is 0 Å². The van der Waals surface area contributed by atoms with Crippen LogP contribution < -0.4 is 0 Å². The standard InChI is InChI=1S/C30H28N2O4S/c1-30(2,3)21-15-20(16-23-7-6-14-37-23)28-25(17-21)27(24-8-4-5-9-26(24)31-28)29(33)36-18-19-10-12-22(13-11-19)32(34)35/h4-14,16,21H,15,17-18H2,1-3H3. The Morgan fingerprint density at radius 1 is 1.11 bits per heavy atom. The lowest BCUT2D eigenvalue weighted by atomic mass is 9.69. The molecule has 4 aromatic rings. The first-order chi connectivity index (χ1) is 17.7. The van der Waals surface area contributed by atoms with E-state index in [0.29, 0.717) is 17.0 Å². The number of rotatable bonds is 5. The van der Waals surface area contributed by atoms with Crippen molar-refractivity contribution in [2.24, 2.45) is 11.3 Å². The van der Waals surface area contributed by atoms with Crippen molar-refractivity contribution in [2.75, 3.05) is 0 Å². The number of hydrogen-bond donors (Lipinski definition) is 0. The summed E-state index contributed by atoms with van der Waals surface area (Å²) in [5.41, 5.74) is 5.00. The van der Waals surface area contributed by atoms with Crippen molar-refractivity contribution in [3.8, 4) is 0 Å². The van der Waals surface area contributed by atoms with E-state index in [-0.39, 0.29) is 17.7 Å². The van der Waals surface area contributed by atoms with Crippen LogP contribution in [0.4, 0.5) is 5.69 Å². The molecule has 2 heterocycles. The van der Waals surface area contributed by atoms with Crippen molar-refractivity contribution in [1.29, 1.82) is 0 Å². The number of non-ortho nitro benzene ring substituents is 1. The maximum Gasteiger partial charge on any atom is 0.339 e. The van der Waals surface area contributed by atoms with Crippen LogP contribution in [0.15, 0.2) is 66.0 Å². The number of allylic oxidation sites excluding steroid dienone is 1. The van der Waals surface area contributed by atoms with Crippen molar-refractivity contribution in [2.45, 2.75) is 40.2 Å². The van der Waals surface area contributed by atoms with Gasteiger partial charge in [0.1, 0.15) is 6.61 Å². The van der Waals surface area contributed by atoms with Gasteiger partial charge in [-0.25, -0.2) is 9.78 Å². The lowest BCUT2D eigenvalue weighted by Gasteiger charge is -2.36. The number of para-hydroxylation sites is 1. The number of nitro groups is 1. The molecule has 1 aliphatic rings. The molecule has 1 unspecified atom stereocenters. The van der Waals surface area contributed by atoms with Crippen molar-refractivity contribution >= 4 is 45.5 Å². The summed E-state index contributed by atoms with van der Waals surface area (Å²) in [6.07, 6.45) is 3.83. The number of nitro benzene ring substituents is 1. The molecule has 0 N–H and O–H groups in total. The second-order valence-corrected chi connectivity index (χ2v) is 11.5. The minimum Gasteiger partial charge on any atom is -0.457 e. The Morgan fingerprint density at radius 3 is 2.54 bits per heavy atom. The number of pyridine rings is 1. The molecule has 0 amide bonds. The van der Waals surface area contributed by atoms with Crippen molar-refractivity contribution in [3.63, 3.8) is 0 Å². The molecule has 0 spiro atoms. The summed E-state index contributed by atoms with van der Waals surface area (Å²) in [7, 11) is 0. The molecule has 0 bridgehead atoms. The van der Waals surface area contributed by atoms with Crippen LogP contribution in [0.2, 0.25) is 0 Å². The highest BCUT2D eigenvalue weighted by Crippen LogP contribution is 2.45. The van der Waals surface area contributed by atoms with Gasteiger partial charge in [-0.15, -0.1) is 11.3 Å². The van der Waals surface area contributed by atoms with Crippen LogP contribution in [-0.2, 0) is 17.8 Å². The summed E-state index contributed by atoms with van der Waals surface area (Å²) in [6, 6.07) is 17.9. The van der Waals surface area contributed by atoms with Crippen LogP contribution in [-0.4, -0.2) is 15.9 Å². The molecule has 7 heteroatoms. The number of fused-ring (bicyclic) bond motifs is 2. The van der Waals surface area contributed by atoms with E-state index < -0.39 is 10.9 Å². The monoisotopic (exact) mass is 512 g/mol. The zero-order chi connectivity index (χ0) is 26.2. The fraction of sp³-hybridized carbons (Fsp3) is 0.267. The van der Waals surface area contributed by atoms with Crippen LogP contribution in [0.5, 0.6) is 0 Å². The van der Waals surface area contributed by atoms with E-state index in [1.165, 1.54) is 12.1 Å². The van der Waals surface area contributed by atoms with E-state index in [0.717, 1.165) is 45.5 Å². The number of thiophene rings is 1. The van der Waals surface area contributed by atoms with Gasteiger partial charge in [0.05, 0.1) is 21.7 Å². The summed E-state index contributed by atoms with van der Waals surface area (Å²) in [4.78, 5) is 30.4. The summed E-state index contributed by atoms with van der Waals surface area (Å²) >= 11 is 1.68. The topological polar surface area (TPSA) is 82.3 Å². The molecule has 188 valence electrons. The minimum atomic E-state index is -0.446. The Hall–Kier alpha value is -3.84. The quantitative estimate of drug-likeness (QED) is 0.155. The van der Waals surface area contributed by atoms with E-state index in [9.17, 15) is 14.9 Å². The maximum absolute atomic E-state index is 13.7. The first-order valence-corrected chi connectivity index (χ1v) is 13.1. The van der Waals surface area contributed by atoms with Crippen LogP contribution in [0, 0.1) is 21.4 Å². The molecule has 0 aliphatic heterocycles. The van der Waals surface area contributed by atoms with Gasteiger partial charge >= 0.3 is 5.97 Å². The molecule has 0 radical (unpaired) electrons. The predicted molar refractivity (Wildman–Crippen MR) is 147 cm³/mol. The van der Waals surface area contributed by atoms with Gasteiger partial charge in [0.25, 0.3) is 5.69 Å². The number of esters is 1. The van der Waals surface area contributed by atoms with Crippen molar-refractivity contribution < 1.29 is 14.5 Å². The zero-order valence-electron chi connectivity index (χ0n) is 21.1. The summed E-state index contributed by atoms with van der Waals surface area (Å²) in [6.45, 7) is 6.76. The Morgan fingerprint density at radius 2 is 1.86 bits per heavy atom. The predicted octanol–water partition coefficient (Wildman–Crippen LogP) is 7.71. The fourth-order valence-electron chi connectivity index (χ4n) is 4.85. The Bertz CT molecular complexity index is 1500. The lowest BCUT2D eigenvalue weighted by molar-refractivity contribution is -0.384. The van der Waals surface area contributed by atoms with E-state index in [4.69, 9.17) is 9.72 Å². The van der Waals surface area contributed by atoms with E-state index in [1.807, 2.05) is 30.3 Å². The number of hydrogen-bond acceptors (Lipinski definition) is 6. The number of ether oxygens (including phenoxy) is 1.